The highest BCUT2D eigenvalue weighted by molar-refractivity contribution is 8.00. The number of imide groups is 1. The van der Waals surface area contributed by atoms with Gasteiger partial charge in [-0.3, -0.25) is 14.9 Å². The highest BCUT2D eigenvalue weighted by Gasteiger charge is 2.72. The van der Waals surface area contributed by atoms with Gasteiger partial charge in [0.1, 0.15) is 29.2 Å². The first-order chi connectivity index (χ1) is 20.0. The van der Waals surface area contributed by atoms with Crippen LogP contribution in [0.25, 0.3) is 0 Å². The van der Waals surface area contributed by atoms with Crippen molar-refractivity contribution in [3.8, 4) is 0 Å². The van der Waals surface area contributed by atoms with E-state index in [1.807, 2.05) is 6.07 Å². The number of hydrogen-bond acceptors (Lipinski definition) is 9. The molecule has 0 radical (unpaired) electrons. The second kappa shape index (κ2) is 13.7. The third-order valence-electron chi connectivity index (χ3n) is 8.16. The number of methoxy groups -OCH3 is 1. The van der Waals surface area contributed by atoms with Crippen molar-refractivity contribution >= 4 is 41.1 Å². The number of benzene rings is 1. The molecular formula is C31H42N2O8S. The van der Waals surface area contributed by atoms with Gasteiger partial charge in [0.15, 0.2) is 0 Å². The molecule has 1 aromatic carbocycles. The van der Waals surface area contributed by atoms with Crippen LogP contribution in [0.3, 0.4) is 0 Å². The largest absolute Gasteiger partial charge is 0.443 e. The molecule has 3 aliphatic rings. The maximum Gasteiger partial charge on any atom is 0.414 e. The Balaban J connectivity index is 1.26. The molecule has 3 fully saturated rings. The van der Waals surface area contributed by atoms with Crippen LogP contribution in [-0.2, 0) is 33.3 Å². The van der Waals surface area contributed by atoms with E-state index in [1.54, 1.807) is 25.3 Å². The average molecular weight is 603 g/mol. The lowest BCUT2D eigenvalue weighted by molar-refractivity contribution is -0.124. The molecular weight excluding hydrogens is 560 g/mol. The molecule has 2 aliphatic heterocycles. The predicted octanol–water partition coefficient (Wildman–Crippen LogP) is 4.81. The Kier molecular flexibility index (Phi) is 10.5. The molecule has 1 saturated carbocycles. The number of thioether (sulfide) groups is 1. The van der Waals surface area contributed by atoms with E-state index in [2.05, 4.69) is 37.5 Å². The number of carbonyl (C=O) groups excluding carboxylic acids is 4. The first-order valence-corrected chi connectivity index (χ1v) is 15.4. The summed E-state index contributed by atoms with van der Waals surface area (Å²) in [4.78, 5) is 49.2. The van der Waals surface area contributed by atoms with E-state index < -0.39 is 29.8 Å². The van der Waals surface area contributed by atoms with E-state index in [0.29, 0.717) is 31.6 Å². The van der Waals surface area contributed by atoms with E-state index >= 15 is 0 Å². The molecule has 0 bridgehead atoms. The highest BCUT2D eigenvalue weighted by atomic mass is 32.2. The van der Waals surface area contributed by atoms with Gasteiger partial charge in [-0.05, 0) is 71.6 Å². The molecule has 4 rings (SSSR count). The van der Waals surface area contributed by atoms with Crippen molar-refractivity contribution in [2.45, 2.75) is 101 Å². The Hall–Kier alpha value is -2.73. The van der Waals surface area contributed by atoms with Crippen LogP contribution < -0.4 is 10.6 Å². The monoisotopic (exact) mass is 602 g/mol. The highest BCUT2D eigenvalue weighted by Crippen LogP contribution is 2.59. The van der Waals surface area contributed by atoms with Crippen LogP contribution in [0.4, 0.5) is 10.5 Å². The summed E-state index contributed by atoms with van der Waals surface area (Å²) in [5.74, 6) is -0.738. The summed E-state index contributed by atoms with van der Waals surface area (Å²) >= 11 is 1.23. The maximum atomic E-state index is 12.7. The summed E-state index contributed by atoms with van der Waals surface area (Å²) < 4.78 is 23.8. The second-order valence-corrected chi connectivity index (χ2v) is 12.8. The van der Waals surface area contributed by atoms with Gasteiger partial charge in [-0.1, -0.05) is 17.7 Å². The molecule has 10 nitrogen and oxygen atoms in total. The third-order valence-corrected chi connectivity index (χ3v) is 9.15. The van der Waals surface area contributed by atoms with Crippen LogP contribution in [-0.4, -0.2) is 72.7 Å². The van der Waals surface area contributed by atoms with Crippen LogP contribution in [0.15, 0.2) is 40.8 Å². The lowest BCUT2D eigenvalue weighted by Gasteiger charge is -2.42. The van der Waals surface area contributed by atoms with Crippen molar-refractivity contribution < 1.29 is 38.1 Å². The van der Waals surface area contributed by atoms with Gasteiger partial charge in [-0.25, -0.2) is 4.79 Å². The minimum absolute atomic E-state index is 0.0129. The van der Waals surface area contributed by atoms with Gasteiger partial charge < -0.3 is 29.1 Å². The molecule has 1 spiro atoms. The number of hydrogen-bond donors (Lipinski definition) is 2. The fourth-order valence-electron chi connectivity index (χ4n) is 5.92. The molecule has 1 aliphatic carbocycles. The van der Waals surface area contributed by atoms with Gasteiger partial charge >= 0.3 is 6.09 Å². The van der Waals surface area contributed by atoms with Crippen LogP contribution >= 0.6 is 11.8 Å². The zero-order valence-corrected chi connectivity index (χ0v) is 25.8. The first kappa shape index (κ1) is 32.2. The van der Waals surface area contributed by atoms with Gasteiger partial charge in [-0.2, -0.15) is 0 Å². The van der Waals surface area contributed by atoms with Crippen molar-refractivity contribution in [2.75, 3.05) is 24.8 Å². The molecule has 2 saturated heterocycles. The first-order valence-electron chi connectivity index (χ1n) is 14.5. The fourth-order valence-corrected chi connectivity index (χ4v) is 6.68. The summed E-state index contributed by atoms with van der Waals surface area (Å²) in [5, 5.41) is 5.13. The number of rotatable bonds is 13. The van der Waals surface area contributed by atoms with Crippen LogP contribution in [0.1, 0.15) is 66.2 Å². The normalized spacial score (nSPS) is 29.4. The van der Waals surface area contributed by atoms with E-state index in [1.165, 1.54) is 24.3 Å². The summed E-state index contributed by atoms with van der Waals surface area (Å²) in [6, 6.07) is 7.09. The van der Waals surface area contributed by atoms with Crippen molar-refractivity contribution in [1.29, 1.82) is 0 Å². The van der Waals surface area contributed by atoms with Gasteiger partial charge in [-0.15, -0.1) is 11.8 Å². The van der Waals surface area contributed by atoms with Gasteiger partial charge in [0.2, 0.25) is 11.8 Å². The summed E-state index contributed by atoms with van der Waals surface area (Å²) in [6.07, 6.45) is 3.62. The average Bonchev–Trinajstić information content (AvgIpc) is 3.84. The molecule has 42 heavy (non-hydrogen) atoms. The molecule has 2 heterocycles. The molecule has 1 aromatic rings. The molecule has 230 valence electrons. The lowest BCUT2D eigenvalue weighted by Crippen LogP contribution is -2.56. The molecule has 6 atom stereocenters. The van der Waals surface area contributed by atoms with Gasteiger partial charge in [0.25, 0.3) is 0 Å². The number of alkyl carbamates (subject to hydrolysis) is 1. The van der Waals surface area contributed by atoms with E-state index in [0.717, 1.165) is 17.7 Å². The number of nitrogens with one attached hydrogen (secondary N) is 2. The molecule has 11 heteroatoms. The maximum absolute atomic E-state index is 12.7. The number of Topliss-reactive ketones (excluding diaryl/α,β-unsaturated/α-hetero) is 1. The molecule has 3 amide bonds. The summed E-state index contributed by atoms with van der Waals surface area (Å²) in [6.45, 7) is 8.33. The standard InChI is InChI=1S/C31H42N2O8S/c1-19(2)12-13-24-30(4,41-24)28-27(38-5)23(14-15-31(28)18-39-31)40-29(37)33-26(36)17-42-22-10-7-9-21(16-22)32-25(35)11-6-8-20(3)34/h7,9-10,12,16,23-24,27-28H,6,8,11,13-15,17-18H2,1-5H3,(H,32,35)(H,33,36,37)/t23-,24-,27-,28-,30?,31+/m1/s1. The molecule has 0 aromatic heterocycles. The predicted molar refractivity (Wildman–Crippen MR) is 158 cm³/mol. The van der Waals surface area contributed by atoms with Crippen molar-refractivity contribution in [3.05, 3.63) is 35.9 Å². The minimum Gasteiger partial charge on any atom is -0.443 e. The molecule has 2 N–H and O–H groups in total. The van der Waals surface area contributed by atoms with Crippen LogP contribution in [0.5, 0.6) is 0 Å². The summed E-state index contributed by atoms with van der Waals surface area (Å²) in [5.41, 5.74) is 1.05. The number of epoxide rings is 2. The molecule has 1 unspecified atom stereocenters. The minimum atomic E-state index is -0.811. The van der Waals surface area contributed by atoms with Gasteiger partial charge in [0, 0.05) is 30.5 Å². The smallest absolute Gasteiger partial charge is 0.414 e. The van der Waals surface area contributed by atoms with Crippen LogP contribution in [0, 0.1) is 5.92 Å². The number of anilines is 1. The SMILES string of the molecule is CO[C@H]1[C@H](C2(C)O[C@@H]2CC=C(C)C)[C@]2(CC[C@H]1OC(=O)NC(=O)CSc1cccc(NC(=O)CCCC(C)=O)c1)CO2. The van der Waals surface area contributed by atoms with E-state index in [-0.39, 0.29) is 41.5 Å². The van der Waals surface area contributed by atoms with Crippen molar-refractivity contribution in [2.24, 2.45) is 5.92 Å². The summed E-state index contributed by atoms with van der Waals surface area (Å²) in [7, 11) is 1.61. The van der Waals surface area contributed by atoms with Crippen LogP contribution in [0.2, 0.25) is 0 Å². The lowest BCUT2D eigenvalue weighted by atomic mass is 9.68. The Morgan fingerprint density at radius 3 is 2.57 bits per heavy atom. The number of carbonyl (C=O) groups is 4. The Morgan fingerprint density at radius 2 is 1.90 bits per heavy atom. The van der Waals surface area contributed by atoms with E-state index in [9.17, 15) is 19.2 Å². The zero-order chi connectivity index (χ0) is 30.5. The third kappa shape index (κ3) is 8.21. The number of ether oxygens (including phenoxy) is 4. The van der Waals surface area contributed by atoms with E-state index in [4.69, 9.17) is 18.9 Å². The quantitative estimate of drug-likeness (QED) is 0.185. The Labute approximate surface area is 251 Å². The number of ketones is 1. The van der Waals surface area contributed by atoms with Crippen molar-refractivity contribution in [1.82, 2.24) is 5.32 Å². The Morgan fingerprint density at radius 1 is 1.14 bits per heavy atom. The Bertz CT molecular complexity index is 1210. The number of amides is 3. The zero-order valence-electron chi connectivity index (χ0n) is 25.0. The second-order valence-electron chi connectivity index (χ2n) is 11.8. The van der Waals surface area contributed by atoms with Gasteiger partial charge in [0.05, 0.1) is 24.4 Å². The van der Waals surface area contributed by atoms with Crippen molar-refractivity contribution in [3.63, 3.8) is 0 Å². The fraction of sp³-hybridized carbons (Fsp3) is 0.613. The number of allylic oxidation sites excluding steroid dienone is 1. The topological polar surface area (TPSA) is 136 Å².